The van der Waals surface area contributed by atoms with Crippen molar-refractivity contribution in [2.75, 3.05) is 0 Å². The molecule has 0 radical (unpaired) electrons. The highest BCUT2D eigenvalue weighted by Crippen LogP contribution is 2.56. The molecule has 0 N–H and O–H groups in total. The second kappa shape index (κ2) is 14.7. The fraction of sp³-hybridized carbons (Fsp3) is 0.129. The standard InChI is InChI=1S/C62H46F2N2S2/c1-61(2,3)53-51(35-17-15-19-37(63)33-35)57(65-47-25-11-7-21-39(47)43-29-31-45-41-23-9-13-27-49(41)67-59(45)55(43)65)52(36-18-16-20-38(64)34-36)54(62(4,5)6)58(53)66-48-26-12-8-22-40(48)44-30-32-46-42-24-10-14-28-50(42)68-60(46)56(44)66/h7-34H,1-6H3. The monoisotopic (exact) mass is 920 g/mol. The van der Waals surface area contributed by atoms with Gasteiger partial charge in [0.1, 0.15) is 11.6 Å². The van der Waals surface area contributed by atoms with E-state index in [4.69, 9.17) is 0 Å². The first kappa shape index (κ1) is 41.1. The third kappa shape index (κ3) is 5.90. The molecule has 2 nitrogen and oxygen atoms in total. The molecule has 0 aliphatic heterocycles. The molecule has 0 bridgehead atoms. The zero-order valence-corrected chi connectivity index (χ0v) is 40.3. The molecule has 0 atom stereocenters. The molecule has 330 valence electrons. The van der Waals surface area contributed by atoms with Crippen molar-refractivity contribution >= 4 is 107 Å². The number of aromatic nitrogens is 2. The van der Waals surface area contributed by atoms with Gasteiger partial charge in [0, 0.05) is 63.6 Å². The topological polar surface area (TPSA) is 9.86 Å². The fourth-order valence-electron chi connectivity index (χ4n) is 11.4. The third-order valence-electron chi connectivity index (χ3n) is 14.0. The Bertz CT molecular complexity index is 4170. The molecular formula is C62H46F2N2S2. The lowest BCUT2D eigenvalue weighted by Gasteiger charge is -2.38. The molecule has 0 aliphatic carbocycles. The smallest absolute Gasteiger partial charge is 0.123 e. The summed E-state index contributed by atoms with van der Waals surface area (Å²) in [7, 11) is 0. The molecule has 68 heavy (non-hydrogen) atoms. The van der Waals surface area contributed by atoms with Gasteiger partial charge in [-0.2, -0.15) is 0 Å². The predicted octanol–water partition coefficient (Wildman–Crippen LogP) is 18.8. The average Bonchev–Trinajstić information content (AvgIpc) is 4.08. The van der Waals surface area contributed by atoms with Crippen molar-refractivity contribution in [3.8, 4) is 33.6 Å². The number of benzene rings is 9. The first-order valence-electron chi connectivity index (χ1n) is 23.3. The summed E-state index contributed by atoms with van der Waals surface area (Å²) in [6.07, 6.45) is 0. The van der Waals surface area contributed by atoms with Crippen LogP contribution >= 0.6 is 22.7 Å². The number of hydrogen-bond acceptors (Lipinski definition) is 2. The highest BCUT2D eigenvalue weighted by atomic mass is 32.1. The van der Waals surface area contributed by atoms with Gasteiger partial charge in [0.25, 0.3) is 0 Å². The second-order valence-electron chi connectivity index (χ2n) is 20.3. The number of rotatable bonds is 4. The van der Waals surface area contributed by atoms with Gasteiger partial charge in [-0.25, -0.2) is 8.78 Å². The van der Waals surface area contributed by atoms with Gasteiger partial charge in [-0.15, -0.1) is 22.7 Å². The van der Waals surface area contributed by atoms with Crippen LogP contribution in [-0.2, 0) is 10.8 Å². The fourth-order valence-corrected chi connectivity index (χ4v) is 13.9. The molecule has 0 saturated carbocycles. The minimum atomic E-state index is -0.538. The summed E-state index contributed by atoms with van der Waals surface area (Å²) in [6, 6.07) is 58.1. The molecule has 9 aromatic carbocycles. The average molecular weight is 921 g/mol. The highest BCUT2D eigenvalue weighted by Gasteiger charge is 2.39. The van der Waals surface area contributed by atoms with Crippen LogP contribution in [0.15, 0.2) is 170 Å². The lowest BCUT2D eigenvalue weighted by atomic mass is 9.71. The van der Waals surface area contributed by atoms with Crippen molar-refractivity contribution in [3.63, 3.8) is 0 Å². The van der Waals surface area contributed by atoms with Crippen molar-refractivity contribution in [1.82, 2.24) is 9.13 Å². The number of para-hydroxylation sites is 2. The van der Waals surface area contributed by atoms with E-state index in [1.165, 1.54) is 52.5 Å². The summed E-state index contributed by atoms with van der Waals surface area (Å²) in [5.74, 6) is -0.639. The zero-order chi connectivity index (χ0) is 46.4. The maximum atomic E-state index is 16.3. The van der Waals surface area contributed by atoms with Crippen LogP contribution in [0.3, 0.4) is 0 Å². The Balaban J connectivity index is 1.37. The summed E-state index contributed by atoms with van der Waals surface area (Å²) >= 11 is 3.64. The Labute approximate surface area is 400 Å². The van der Waals surface area contributed by atoms with Crippen molar-refractivity contribution in [3.05, 3.63) is 193 Å². The summed E-state index contributed by atoms with van der Waals surface area (Å²) in [5, 5.41) is 9.39. The predicted molar refractivity (Wildman–Crippen MR) is 289 cm³/mol. The number of fused-ring (bicyclic) bond motifs is 14. The lowest BCUT2D eigenvalue weighted by Crippen LogP contribution is -2.26. The normalized spacial score (nSPS) is 12.7. The quantitative estimate of drug-likeness (QED) is 0.166. The largest absolute Gasteiger partial charge is 0.307 e. The van der Waals surface area contributed by atoms with Gasteiger partial charge < -0.3 is 9.13 Å². The summed E-state index contributed by atoms with van der Waals surface area (Å²) < 4.78 is 42.5. The van der Waals surface area contributed by atoms with Gasteiger partial charge in [0.05, 0.1) is 42.8 Å². The van der Waals surface area contributed by atoms with Gasteiger partial charge in [0.2, 0.25) is 0 Å². The van der Waals surface area contributed by atoms with Crippen LogP contribution in [0.5, 0.6) is 0 Å². The van der Waals surface area contributed by atoms with Crippen LogP contribution in [0.25, 0.3) is 118 Å². The lowest BCUT2D eigenvalue weighted by molar-refractivity contribution is 0.565. The first-order valence-corrected chi connectivity index (χ1v) is 24.9. The van der Waals surface area contributed by atoms with E-state index in [0.717, 1.165) is 88.4 Å². The number of halogens is 2. The molecule has 0 amide bonds. The third-order valence-corrected chi connectivity index (χ3v) is 16.4. The molecule has 0 saturated heterocycles. The molecular weight excluding hydrogens is 875 g/mol. The summed E-state index contributed by atoms with van der Waals surface area (Å²) in [6.45, 7) is 13.8. The molecule has 0 unspecified atom stereocenters. The summed E-state index contributed by atoms with van der Waals surface area (Å²) in [4.78, 5) is 0. The SMILES string of the molecule is CC(C)(C)c1c(-c2cccc(F)c2)c(-n2c3ccccc3c3ccc4c5ccccc5sc4c32)c(-c2cccc(F)c2)c(C(C)(C)C)c1-n1c2ccccc2c2ccc3c4ccccc4sc3c21. The van der Waals surface area contributed by atoms with E-state index in [1.54, 1.807) is 23.5 Å². The van der Waals surface area contributed by atoms with E-state index >= 15 is 8.78 Å². The maximum Gasteiger partial charge on any atom is 0.123 e. The van der Waals surface area contributed by atoms with Crippen LogP contribution in [0.2, 0.25) is 0 Å². The van der Waals surface area contributed by atoms with Gasteiger partial charge >= 0.3 is 0 Å². The Morgan fingerprint density at radius 3 is 1.18 bits per heavy atom. The van der Waals surface area contributed by atoms with Crippen molar-refractivity contribution in [1.29, 1.82) is 0 Å². The van der Waals surface area contributed by atoms with Gasteiger partial charge in [-0.1, -0.05) is 163 Å². The highest BCUT2D eigenvalue weighted by molar-refractivity contribution is 7.27. The summed E-state index contributed by atoms with van der Waals surface area (Å²) in [5.41, 5.74) is 10.7. The molecule has 13 rings (SSSR count). The Hall–Kier alpha value is -7.12. The van der Waals surface area contributed by atoms with Crippen molar-refractivity contribution in [2.45, 2.75) is 52.4 Å². The molecule has 4 aromatic heterocycles. The van der Waals surface area contributed by atoms with E-state index in [0.29, 0.717) is 0 Å². The Kier molecular flexibility index (Phi) is 8.88. The number of nitrogens with zero attached hydrogens (tertiary/aromatic N) is 2. The molecule has 6 heteroatoms. The van der Waals surface area contributed by atoms with Crippen LogP contribution in [0.4, 0.5) is 8.78 Å². The molecule has 0 fully saturated rings. The molecule has 0 aliphatic rings. The minimum absolute atomic E-state index is 0.319. The molecule has 0 spiro atoms. The number of hydrogen-bond donors (Lipinski definition) is 0. The molecule has 13 aromatic rings. The first-order chi connectivity index (χ1) is 32.9. The van der Waals surface area contributed by atoms with Gasteiger partial charge in [0.15, 0.2) is 0 Å². The van der Waals surface area contributed by atoms with Crippen LogP contribution in [-0.4, -0.2) is 9.13 Å². The van der Waals surface area contributed by atoms with Crippen LogP contribution in [0.1, 0.15) is 52.7 Å². The maximum absolute atomic E-state index is 16.3. The van der Waals surface area contributed by atoms with E-state index in [-0.39, 0.29) is 11.6 Å². The Morgan fingerprint density at radius 1 is 0.368 bits per heavy atom. The van der Waals surface area contributed by atoms with Crippen LogP contribution < -0.4 is 0 Å². The minimum Gasteiger partial charge on any atom is -0.307 e. The van der Waals surface area contributed by atoms with Crippen molar-refractivity contribution in [2.24, 2.45) is 0 Å². The van der Waals surface area contributed by atoms with E-state index in [9.17, 15) is 0 Å². The van der Waals surface area contributed by atoms with Crippen molar-refractivity contribution < 1.29 is 8.78 Å². The Morgan fingerprint density at radius 2 is 0.750 bits per heavy atom. The van der Waals surface area contributed by atoms with E-state index in [1.807, 2.05) is 23.5 Å². The zero-order valence-electron chi connectivity index (χ0n) is 38.6. The molecule has 4 heterocycles. The second-order valence-corrected chi connectivity index (χ2v) is 22.4. The number of thiophene rings is 2. The van der Waals surface area contributed by atoms with E-state index < -0.39 is 10.8 Å². The van der Waals surface area contributed by atoms with Gasteiger partial charge in [-0.05, 0) is 81.6 Å². The van der Waals surface area contributed by atoms with Gasteiger partial charge in [-0.3, -0.25) is 0 Å². The van der Waals surface area contributed by atoms with E-state index in [2.05, 4.69) is 184 Å². The van der Waals surface area contributed by atoms with Crippen LogP contribution in [0, 0.1) is 11.6 Å².